The van der Waals surface area contributed by atoms with Crippen LogP contribution in [0.2, 0.25) is 5.02 Å². The standard InChI is InChI=1S/C12H13ClN2O.ClH/c13-9-1-2-11-10(7-9)12(15-16-11)8-3-5-14-6-4-8;/h1-2,7-8,14H,3-6H2;1H. The summed E-state index contributed by atoms with van der Waals surface area (Å²) in [5, 5.41) is 9.36. The Morgan fingerprint density at radius 1 is 1.29 bits per heavy atom. The van der Waals surface area contributed by atoms with Gasteiger partial charge in [0.15, 0.2) is 5.58 Å². The number of hydrogen-bond acceptors (Lipinski definition) is 3. The maximum Gasteiger partial charge on any atom is 0.167 e. The molecule has 1 aromatic carbocycles. The van der Waals surface area contributed by atoms with Gasteiger partial charge in [-0.2, -0.15) is 0 Å². The Labute approximate surface area is 111 Å². The molecule has 1 fully saturated rings. The van der Waals surface area contributed by atoms with Crippen LogP contribution in [0.3, 0.4) is 0 Å². The summed E-state index contributed by atoms with van der Waals surface area (Å²) >= 11 is 6.00. The van der Waals surface area contributed by atoms with Crippen LogP contribution in [0, 0.1) is 0 Å². The first-order chi connectivity index (χ1) is 7.84. The molecule has 1 aliphatic heterocycles. The molecule has 1 aliphatic rings. The summed E-state index contributed by atoms with van der Waals surface area (Å²) < 4.78 is 5.33. The minimum atomic E-state index is 0. The van der Waals surface area contributed by atoms with E-state index in [4.69, 9.17) is 16.1 Å². The third-order valence-electron chi connectivity index (χ3n) is 3.19. The molecule has 0 aliphatic carbocycles. The number of nitrogens with one attached hydrogen (secondary N) is 1. The van der Waals surface area contributed by atoms with Crippen molar-refractivity contribution in [2.45, 2.75) is 18.8 Å². The Bertz CT molecular complexity index is 506. The van der Waals surface area contributed by atoms with Crippen molar-refractivity contribution in [1.29, 1.82) is 0 Å². The zero-order valence-corrected chi connectivity index (χ0v) is 10.9. The van der Waals surface area contributed by atoms with Gasteiger partial charge in [0, 0.05) is 16.3 Å². The molecule has 2 aromatic rings. The second kappa shape index (κ2) is 5.25. The lowest BCUT2D eigenvalue weighted by molar-refractivity contribution is 0.404. The van der Waals surface area contributed by atoms with E-state index in [1.807, 2.05) is 18.2 Å². The van der Waals surface area contributed by atoms with Gasteiger partial charge in [-0.1, -0.05) is 16.8 Å². The van der Waals surface area contributed by atoms with E-state index in [0.717, 1.165) is 47.6 Å². The quantitative estimate of drug-likeness (QED) is 0.865. The fourth-order valence-corrected chi connectivity index (χ4v) is 2.49. The molecule has 17 heavy (non-hydrogen) atoms. The molecule has 1 N–H and O–H groups in total. The number of piperidine rings is 1. The Morgan fingerprint density at radius 2 is 2.06 bits per heavy atom. The van der Waals surface area contributed by atoms with Crippen LogP contribution in [0.4, 0.5) is 0 Å². The van der Waals surface area contributed by atoms with E-state index in [-0.39, 0.29) is 12.4 Å². The monoisotopic (exact) mass is 272 g/mol. The van der Waals surface area contributed by atoms with Crippen LogP contribution >= 0.6 is 24.0 Å². The molecular formula is C12H14Cl2N2O. The fourth-order valence-electron chi connectivity index (χ4n) is 2.32. The van der Waals surface area contributed by atoms with Crippen LogP contribution in [0.5, 0.6) is 0 Å². The van der Waals surface area contributed by atoms with Gasteiger partial charge in [-0.25, -0.2) is 0 Å². The summed E-state index contributed by atoms with van der Waals surface area (Å²) in [4.78, 5) is 0. The van der Waals surface area contributed by atoms with Crippen molar-refractivity contribution in [2.75, 3.05) is 13.1 Å². The first kappa shape index (κ1) is 12.7. The maximum absolute atomic E-state index is 6.00. The van der Waals surface area contributed by atoms with Crippen molar-refractivity contribution >= 4 is 35.0 Å². The van der Waals surface area contributed by atoms with E-state index in [1.54, 1.807) is 0 Å². The van der Waals surface area contributed by atoms with Crippen molar-refractivity contribution in [1.82, 2.24) is 10.5 Å². The molecule has 2 heterocycles. The zero-order valence-electron chi connectivity index (χ0n) is 9.28. The normalized spacial score (nSPS) is 17.0. The van der Waals surface area contributed by atoms with Gasteiger partial charge in [0.1, 0.15) is 0 Å². The predicted octanol–water partition coefficient (Wildman–Crippen LogP) is 3.37. The number of nitrogens with zero attached hydrogens (tertiary/aromatic N) is 1. The smallest absolute Gasteiger partial charge is 0.167 e. The molecule has 3 rings (SSSR count). The summed E-state index contributed by atoms with van der Waals surface area (Å²) in [6.07, 6.45) is 2.24. The van der Waals surface area contributed by atoms with Gasteiger partial charge in [0.2, 0.25) is 0 Å². The van der Waals surface area contributed by atoms with Crippen LogP contribution in [0.25, 0.3) is 11.0 Å². The van der Waals surface area contributed by atoms with Crippen LogP contribution < -0.4 is 5.32 Å². The first-order valence-corrected chi connectivity index (χ1v) is 5.98. The molecule has 0 amide bonds. The minimum Gasteiger partial charge on any atom is -0.356 e. The van der Waals surface area contributed by atoms with E-state index in [1.165, 1.54) is 0 Å². The van der Waals surface area contributed by atoms with Crippen LogP contribution in [-0.2, 0) is 0 Å². The van der Waals surface area contributed by atoms with E-state index in [0.29, 0.717) is 5.92 Å². The van der Waals surface area contributed by atoms with Crippen LogP contribution in [0.1, 0.15) is 24.5 Å². The van der Waals surface area contributed by atoms with Gasteiger partial charge in [-0.15, -0.1) is 12.4 Å². The largest absolute Gasteiger partial charge is 0.356 e. The number of benzene rings is 1. The highest BCUT2D eigenvalue weighted by Crippen LogP contribution is 2.31. The molecule has 0 unspecified atom stereocenters. The molecule has 0 bridgehead atoms. The number of hydrogen-bond donors (Lipinski definition) is 1. The molecule has 5 heteroatoms. The molecule has 92 valence electrons. The van der Waals surface area contributed by atoms with Crippen molar-refractivity contribution in [3.05, 3.63) is 28.9 Å². The molecule has 0 saturated carbocycles. The van der Waals surface area contributed by atoms with Gasteiger partial charge in [0.25, 0.3) is 0 Å². The molecule has 1 aromatic heterocycles. The van der Waals surface area contributed by atoms with Gasteiger partial charge in [0.05, 0.1) is 5.69 Å². The van der Waals surface area contributed by atoms with E-state index < -0.39 is 0 Å². The minimum absolute atomic E-state index is 0. The molecular weight excluding hydrogens is 259 g/mol. The molecule has 0 spiro atoms. The van der Waals surface area contributed by atoms with Crippen molar-refractivity contribution in [3.8, 4) is 0 Å². The predicted molar refractivity (Wildman–Crippen MR) is 71.1 cm³/mol. The number of fused-ring (bicyclic) bond motifs is 1. The number of aromatic nitrogens is 1. The highest BCUT2D eigenvalue weighted by molar-refractivity contribution is 6.31. The van der Waals surface area contributed by atoms with E-state index in [2.05, 4.69) is 10.5 Å². The third-order valence-corrected chi connectivity index (χ3v) is 3.42. The van der Waals surface area contributed by atoms with Crippen LogP contribution in [-0.4, -0.2) is 18.2 Å². The second-order valence-corrected chi connectivity index (χ2v) is 4.67. The average molecular weight is 273 g/mol. The van der Waals surface area contributed by atoms with Crippen molar-refractivity contribution in [2.24, 2.45) is 0 Å². The fraction of sp³-hybridized carbons (Fsp3) is 0.417. The molecule has 3 nitrogen and oxygen atoms in total. The Balaban J connectivity index is 0.00000108. The second-order valence-electron chi connectivity index (χ2n) is 4.23. The SMILES string of the molecule is Cl.Clc1ccc2onc(C3CCNCC3)c2c1. The summed E-state index contributed by atoms with van der Waals surface area (Å²) in [6, 6.07) is 5.67. The van der Waals surface area contributed by atoms with Crippen molar-refractivity contribution in [3.63, 3.8) is 0 Å². The topological polar surface area (TPSA) is 38.1 Å². The first-order valence-electron chi connectivity index (χ1n) is 5.60. The van der Waals surface area contributed by atoms with E-state index in [9.17, 15) is 0 Å². The summed E-state index contributed by atoms with van der Waals surface area (Å²) in [5.41, 5.74) is 1.90. The summed E-state index contributed by atoms with van der Waals surface area (Å²) in [7, 11) is 0. The highest BCUT2D eigenvalue weighted by atomic mass is 35.5. The summed E-state index contributed by atoms with van der Waals surface area (Å²) in [6.45, 7) is 2.11. The maximum atomic E-state index is 6.00. The van der Waals surface area contributed by atoms with Gasteiger partial charge in [-0.3, -0.25) is 0 Å². The molecule has 0 atom stereocenters. The van der Waals surface area contributed by atoms with Crippen LogP contribution in [0.15, 0.2) is 22.7 Å². The van der Waals surface area contributed by atoms with Crippen molar-refractivity contribution < 1.29 is 4.52 Å². The zero-order chi connectivity index (χ0) is 11.0. The lowest BCUT2D eigenvalue weighted by Gasteiger charge is -2.20. The molecule has 1 saturated heterocycles. The van der Waals surface area contributed by atoms with Gasteiger partial charge >= 0.3 is 0 Å². The average Bonchev–Trinajstić information content (AvgIpc) is 2.73. The highest BCUT2D eigenvalue weighted by Gasteiger charge is 2.21. The number of rotatable bonds is 1. The number of halogens is 2. The van der Waals surface area contributed by atoms with E-state index >= 15 is 0 Å². The van der Waals surface area contributed by atoms with Gasteiger partial charge < -0.3 is 9.84 Å². The Kier molecular flexibility index (Phi) is 3.92. The van der Waals surface area contributed by atoms with Gasteiger partial charge in [-0.05, 0) is 44.1 Å². The molecule has 0 radical (unpaired) electrons. The summed E-state index contributed by atoms with van der Waals surface area (Å²) in [5.74, 6) is 0.501. The Morgan fingerprint density at radius 3 is 2.82 bits per heavy atom. The lowest BCUT2D eigenvalue weighted by Crippen LogP contribution is -2.26. The Hall–Kier alpha value is -0.770. The third kappa shape index (κ3) is 2.41. The lowest BCUT2D eigenvalue weighted by atomic mass is 9.93.